The van der Waals surface area contributed by atoms with E-state index in [1.165, 1.54) is 24.3 Å². The van der Waals surface area contributed by atoms with Crippen molar-refractivity contribution in [3.8, 4) is 0 Å². The normalized spacial score (nSPS) is 11.0. The molecule has 1 heterocycles. The highest BCUT2D eigenvalue weighted by molar-refractivity contribution is 7.89. The summed E-state index contributed by atoms with van der Waals surface area (Å²) in [5.74, 6) is -0.0553. The Morgan fingerprint density at radius 1 is 1.00 bits per heavy atom. The van der Waals surface area contributed by atoms with Gasteiger partial charge in [-0.2, -0.15) is 0 Å². The molecule has 0 aliphatic rings. The number of amides is 1. The lowest BCUT2D eigenvalue weighted by atomic mass is 10.2. The topological polar surface area (TPSA) is 114 Å². The SMILES string of the molecule is Cc1ccc(Nc2cccnc2NC(=O)c2ccc(S(N)(=O)=O)cc2)cc1. The second kappa shape index (κ2) is 7.56. The van der Waals surface area contributed by atoms with Gasteiger partial charge in [0.15, 0.2) is 5.82 Å². The Hall–Kier alpha value is -3.23. The van der Waals surface area contributed by atoms with Gasteiger partial charge in [0.25, 0.3) is 5.91 Å². The summed E-state index contributed by atoms with van der Waals surface area (Å²) in [6.07, 6.45) is 1.57. The lowest BCUT2D eigenvalue weighted by Crippen LogP contribution is -2.15. The maximum atomic E-state index is 12.5. The van der Waals surface area contributed by atoms with Crippen LogP contribution in [0, 0.1) is 6.92 Å². The molecule has 0 bridgehead atoms. The van der Waals surface area contributed by atoms with Crippen LogP contribution in [0.2, 0.25) is 0 Å². The Kier molecular flexibility index (Phi) is 5.20. The number of benzene rings is 2. The smallest absolute Gasteiger partial charge is 0.256 e. The third-order valence-corrected chi connectivity index (χ3v) is 4.74. The number of hydrogen-bond acceptors (Lipinski definition) is 5. The minimum atomic E-state index is -3.80. The molecule has 1 amide bonds. The van der Waals surface area contributed by atoms with Crippen LogP contribution in [0.25, 0.3) is 0 Å². The number of sulfonamides is 1. The van der Waals surface area contributed by atoms with E-state index in [0.717, 1.165) is 11.3 Å². The Bertz CT molecular complexity index is 1060. The number of aryl methyl sites for hydroxylation is 1. The highest BCUT2D eigenvalue weighted by atomic mass is 32.2. The molecule has 4 N–H and O–H groups in total. The van der Waals surface area contributed by atoms with E-state index in [1.807, 2.05) is 31.2 Å². The van der Waals surface area contributed by atoms with Gasteiger partial charge in [0.05, 0.1) is 10.6 Å². The number of nitrogens with one attached hydrogen (secondary N) is 2. The third-order valence-electron chi connectivity index (χ3n) is 3.82. The zero-order chi connectivity index (χ0) is 19.4. The summed E-state index contributed by atoms with van der Waals surface area (Å²) in [7, 11) is -3.80. The van der Waals surface area contributed by atoms with Gasteiger partial charge in [-0.25, -0.2) is 18.5 Å². The number of carbonyl (C=O) groups excluding carboxylic acids is 1. The number of nitrogens with zero attached hydrogens (tertiary/aromatic N) is 1. The van der Waals surface area contributed by atoms with Crippen molar-refractivity contribution in [3.63, 3.8) is 0 Å². The number of anilines is 3. The van der Waals surface area contributed by atoms with Crippen LogP contribution in [0.15, 0.2) is 71.8 Å². The predicted octanol–water partition coefficient (Wildman–Crippen LogP) is 3.03. The summed E-state index contributed by atoms with van der Waals surface area (Å²) in [5, 5.41) is 11.0. The quantitative estimate of drug-likeness (QED) is 0.627. The molecule has 0 spiro atoms. The first-order valence-electron chi connectivity index (χ1n) is 8.06. The van der Waals surface area contributed by atoms with Gasteiger partial charge in [-0.05, 0) is 55.5 Å². The standard InChI is InChI=1S/C19H18N4O3S/c1-13-4-8-15(9-5-13)22-17-3-2-12-21-18(17)23-19(24)14-6-10-16(11-7-14)27(20,25)26/h2-12,22H,1H3,(H2,20,25,26)(H,21,23,24). The summed E-state index contributed by atoms with van der Waals surface area (Å²) < 4.78 is 22.6. The molecule has 0 fully saturated rings. The van der Waals surface area contributed by atoms with Gasteiger partial charge in [0.1, 0.15) is 0 Å². The van der Waals surface area contributed by atoms with Crippen molar-refractivity contribution in [1.82, 2.24) is 4.98 Å². The fourth-order valence-corrected chi connectivity index (χ4v) is 2.89. The number of nitrogens with two attached hydrogens (primary N) is 1. The highest BCUT2D eigenvalue weighted by Gasteiger charge is 2.13. The number of rotatable bonds is 5. The van der Waals surface area contributed by atoms with Crippen molar-refractivity contribution in [3.05, 3.63) is 78.0 Å². The zero-order valence-corrected chi connectivity index (χ0v) is 15.3. The first-order valence-corrected chi connectivity index (χ1v) is 9.60. The Morgan fingerprint density at radius 3 is 2.30 bits per heavy atom. The van der Waals surface area contributed by atoms with Crippen molar-refractivity contribution in [2.24, 2.45) is 5.14 Å². The molecule has 2 aromatic carbocycles. The largest absolute Gasteiger partial charge is 0.353 e. The van der Waals surface area contributed by atoms with E-state index < -0.39 is 15.9 Å². The summed E-state index contributed by atoms with van der Waals surface area (Å²) in [5.41, 5.74) is 2.93. The molecule has 3 rings (SSSR count). The fourth-order valence-electron chi connectivity index (χ4n) is 2.37. The molecule has 0 saturated carbocycles. The molecule has 0 aliphatic heterocycles. The van der Waals surface area contributed by atoms with Crippen molar-refractivity contribution < 1.29 is 13.2 Å². The van der Waals surface area contributed by atoms with Crippen LogP contribution in [0.5, 0.6) is 0 Å². The first-order chi connectivity index (χ1) is 12.8. The number of pyridine rings is 1. The second-order valence-corrected chi connectivity index (χ2v) is 7.48. The fraction of sp³-hybridized carbons (Fsp3) is 0.0526. The summed E-state index contributed by atoms with van der Waals surface area (Å²) in [6.45, 7) is 2.00. The van der Waals surface area contributed by atoms with Crippen LogP contribution in [-0.2, 0) is 10.0 Å². The van der Waals surface area contributed by atoms with Crippen LogP contribution in [0.4, 0.5) is 17.2 Å². The van der Waals surface area contributed by atoms with Gasteiger partial charge in [-0.1, -0.05) is 17.7 Å². The highest BCUT2D eigenvalue weighted by Crippen LogP contribution is 2.24. The Labute approximate surface area is 157 Å². The van der Waals surface area contributed by atoms with E-state index in [0.29, 0.717) is 11.5 Å². The zero-order valence-electron chi connectivity index (χ0n) is 14.5. The number of hydrogen-bond donors (Lipinski definition) is 3. The summed E-state index contributed by atoms with van der Waals surface area (Å²) >= 11 is 0. The van der Waals surface area contributed by atoms with Crippen LogP contribution in [-0.4, -0.2) is 19.3 Å². The van der Waals surface area contributed by atoms with Crippen LogP contribution >= 0.6 is 0 Å². The van der Waals surface area contributed by atoms with Crippen LogP contribution < -0.4 is 15.8 Å². The number of carbonyl (C=O) groups is 1. The molecule has 27 heavy (non-hydrogen) atoms. The van der Waals surface area contributed by atoms with E-state index in [2.05, 4.69) is 15.6 Å². The molecule has 0 saturated heterocycles. The van der Waals surface area contributed by atoms with Gasteiger partial charge < -0.3 is 10.6 Å². The number of aromatic nitrogens is 1. The van der Waals surface area contributed by atoms with E-state index in [-0.39, 0.29) is 10.5 Å². The van der Waals surface area contributed by atoms with Gasteiger partial charge in [0.2, 0.25) is 10.0 Å². The van der Waals surface area contributed by atoms with Crippen LogP contribution in [0.1, 0.15) is 15.9 Å². The molecule has 0 radical (unpaired) electrons. The molecule has 8 heteroatoms. The molecule has 0 unspecified atom stereocenters. The maximum Gasteiger partial charge on any atom is 0.256 e. The maximum absolute atomic E-state index is 12.5. The minimum absolute atomic E-state index is 0.0568. The first kappa shape index (κ1) is 18.6. The lowest BCUT2D eigenvalue weighted by molar-refractivity contribution is 0.102. The average molecular weight is 382 g/mol. The lowest BCUT2D eigenvalue weighted by Gasteiger charge is -2.12. The Morgan fingerprint density at radius 2 is 1.67 bits per heavy atom. The van der Waals surface area contributed by atoms with Crippen molar-refractivity contribution in [2.75, 3.05) is 10.6 Å². The van der Waals surface area contributed by atoms with Crippen molar-refractivity contribution in [1.29, 1.82) is 0 Å². The van der Waals surface area contributed by atoms with E-state index in [1.54, 1.807) is 18.3 Å². The van der Waals surface area contributed by atoms with Gasteiger partial charge in [-0.3, -0.25) is 4.79 Å². The van der Waals surface area contributed by atoms with Gasteiger partial charge in [0, 0.05) is 17.4 Å². The molecule has 3 aromatic rings. The molecular weight excluding hydrogens is 364 g/mol. The molecule has 7 nitrogen and oxygen atoms in total. The molecule has 0 aliphatic carbocycles. The summed E-state index contributed by atoms with van der Waals surface area (Å²) in [4.78, 5) is 16.6. The molecule has 0 atom stereocenters. The predicted molar refractivity (Wildman–Crippen MR) is 104 cm³/mol. The number of primary sulfonamides is 1. The van der Waals surface area contributed by atoms with E-state index in [4.69, 9.17) is 5.14 Å². The van der Waals surface area contributed by atoms with Crippen LogP contribution in [0.3, 0.4) is 0 Å². The summed E-state index contributed by atoms with van der Waals surface area (Å²) in [6, 6.07) is 16.7. The molecule has 138 valence electrons. The monoisotopic (exact) mass is 382 g/mol. The molecular formula is C19H18N4O3S. The van der Waals surface area contributed by atoms with Crippen molar-refractivity contribution >= 4 is 33.1 Å². The van der Waals surface area contributed by atoms with E-state index >= 15 is 0 Å². The average Bonchev–Trinajstić information content (AvgIpc) is 2.64. The van der Waals surface area contributed by atoms with E-state index in [9.17, 15) is 13.2 Å². The minimum Gasteiger partial charge on any atom is -0.353 e. The van der Waals surface area contributed by atoms with Crippen molar-refractivity contribution in [2.45, 2.75) is 11.8 Å². The third kappa shape index (κ3) is 4.69. The Balaban J connectivity index is 1.79. The molecule has 1 aromatic heterocycles. The van der Waals surface area contributed by atoms with Gasteiger partial charge >= 0.3 is 0 Å². The van der Waals surface area contributed by atoms with Gasteiger partial charge in [-0.15, -0.1) is 0 Å². The second-order valence-electron chi connectivity index (χ2n) is 5.91.